The maximum Gasteiger partial charge on any atom is 0.203 e. The molecule has 3 atom stereocenters. The van der Waals surface area contributed by atoms with E-state index in [1.165, 1.54) is 24.0 Å². The first-order valence-electron chi connectivity index (χ1n) is 17.4. The zero-order valence-corrected chi connectivity index (χ0v) is 27.1. The van der Waals surface area contributed by atoms with Crippen molar-refractivity contribution in [2.75, 3.05) is 13.1 Å². The van der Waals surface area contributed by atoms with Crippen LogP contribution in [0, 0.1) is 0 Å². The monoisotopic (exact) mass is 643 g/mol. The predicted molar refractivity (Wildman–Crippen MR) is 193 cm³/mol. The number of hydrogen-bond acceptors (Lipinski definition) is 5. The predicted octanol–water partition coefficient (Wildman–Crippen LogP) is 8.54. The number of ether oxygens (including phenoxy) is 1. The molecule has 0 bridgehead atoms. The highest BCUT2D eigenvalue weighted by Gasteiger charge is 2.30. The van der Waals surface area contributed by atoms with Crippen LogP contribution in [0.2, 0.25) is 0 Å². The van der Waals surface area contributed by atoms with Crippen molar-refractivity contribution in [1.29, 1.82) is 0 Å². The van der Waals surface area contributed by atoms with Crippen LogP contribution in [-0.4, -0.2) is 37.6 Å². The molecule has 3 aliphatic rings. The van der Waals surface area contributed by atoms with Gasteiger partial charge < -0.3 is 29.9 Å². The Morgan fingerprint density at radius 1 is 0.633 bits per heavy atom. The third-order valence-electron chi connectivity index (χ3n) is 10.4. The van der Waals surface area contributed by atoms with E-state index in [0.29, 0.717) is 6.04 Å². The Balaban J connectivity index is 1.08. The van der Waals surface area contributed by atoms with Crippen LogP contribution >= 0.6 is 0 Å². The molecule has 0 radical (unpaired) electrons. The number of aromatic amines is 2. The molecule has 242 valence electrons. The first-order chi connectivity index (χ1) is 24.2. The second kappa shape index (κ2) is 11.6. The lowest BCUT2D eigenvalue weighted by Crippen LogP contribution is -2.22. The highest BCUT2D eigenvalue weighted by atomic mass is 16.5. The maximum atomic E-state index is 7.04. The topological polar surface area (TPSA) is 95.6 Å². The van der Waals surface area contributed by atoms with Crippen molar-refractivity contribution in [2.45, 2.75) is 44.0 Å². The van der Waals surface area contributed by atoms with Crippen molar-refractivity contribution in [3.8, 4) is 50.6 Å². The van der Waals surface area contributed by atoms with E-state index in [1.807, 2.05) is 12.4 Å². The lowest BCUT2D eigenvalue weighted by Gasteiger charge is -2.31. The smallest absolute Gasteiger partial charge is 0.203 e. The average Bonchev–Trinajstić information content (AvgIpc) is 4.00. The molecule has 0 spiro atoms. The van der Waals surface area contributed by atoms with Crippen LogP contribution in [0.1, 0.15) is 61.2 Å². The van der Waals surface area contributed by atoms with Gasteiger partial charge in [0.25, 0.3) is 0 Å². The minimum Gasteiger partial charge on any atom is -0.465 e. The number of nitrogens with one attached hydrogen (secondary N) is 4. The second-order valence-corrected chi connectivity index (χ2v) is 13.5. The van der Waals surface area contributed by atoms with Crippen LogP contribution in [-0.2, 0) is 0 Å². The Hall–Kier alpha value is -5.44. The van der Waals surface area contributed by atoms with Crippen LogP contribution in [0.4, 0.5) is 0 Å². The van der Waals surface area contributed by atoms with E-state index in [-0.39, 0.29) is 12.3 Å². The van der Waals surface area contributed by atoms with Crippen LogP contribution in [0.5, 0.6) is 5.75 Å². The standard InChI is InChI=1S/C41H37N7O/c1-2-7-25(8-3-1)26-9-4-10-29(19-26)41-48-36-16-14-27(34-23-44-39(46-34)32-11-5-17-42-32)20-30(36)21-37(48)31-15-13-28(22-38(31)49-41)35-24-45-40(47-35)33-12-6-18-43-33/h1-4,7-10,13-16,19-24,32-33,41-43H,5-6,11-12,17-18H2,(H,44,46)(H,45,47)/t32-,33?,41?/m0/s1. The van der Waals surface area contributed by atoms with Gasteiger partial charge in [-0.25, -0.2) is 9.97 Å². The van der Waals surface area contributed by atoms with E-state index >= 15 is 0 Å². The first-order valence-corrected chi connectivity index (χ1v) is 17.4. The van der Waals surface area contributed by atoms with Gasteiger partial charge in [0.05, 0.1) is 47.1 Å². The minimum absolute atomic E-state index is 0.289. The Morgan fingerprint density at radius 2 is 1.33 bits per heavy atom. The Morgan fingerprint density at radius 3 is 2.04 bits per heavy atom. The molecule has 8 nitrogen and oxygen atoms in total. The molecule has 0 aliphatic carbocycles. The summed E-state index contributed by atoms with van der Waals surface area (Å²) >= 11 is 0. The molecule has 3 aromatic heterocycles. The normalized spacial score (nSPS) is 20.0. The lowest BCUT2D eigenvalue weighted by atomic mass is 10.0. The number of rotatable bonds is 6. The summed E-state index contributed by atoms with van der Waals surface area (Å²) in [7, 11) is 0. The van der Waals surface area contributed by atoms with Gasteiger partial charge in [-0.2, -0.15) is 0 Å². The van der Waals surface area contributed by atoms with Crippen molar-refractivity contribution in [3.05, 3.63) is 127 Å². The van der Waals surface area contributed by atoms with Crippen molar-refractivity contribution in [2.24, 2.45) is 0 Å². The first kappa shape index (κ1) is 28.6. The fraction of sp³-hybridized carbons (Fsp3) is 0.220. The van der Waals surface area contributed by atoms with E-state index in [4.69, 9.17) is 14.7 Å². The summed E-state index contributed by atoms with van der Waals surface area (Å²) in [5.74, 6) is 2.88. The van der Waals surface area contributed by atoms with E-state index in [0.717, 1.165) is 93.6 Å². The quantitative estimate of drug-likeness (QED) is 0.146. The molecule has 3 aliphatic heterocycles. The third kappa shape index (κ3) is 4.98. The molecule has 0 saturated carbocycles. The molecule has 0 amide bonds. The molecule has 2 fully saturated rings. The molecule has 10 rings (SSSR count). The van der Waals surface area contributed by atoms with E-state index in [1.54, 1.807) is 0 Å². The van der Waals surface area contributed by atoms with Crippen LogP contribution in [0.3, 0.4) is 0 Å². The van der Waals surface area contributed by atoms with E-state index < -0.39 is 0 Å². The Labute approximate surface area is 284 Å². The average molecular weight is 644 g/mol. The fourth-order valence-electron chi connectivity index (χ4n) is 7.91. The molecule has 49 heavy (non-hydrogen) atoms. The zero-order valence-electron chi connectivity index (χ0n) is 27.1. The summed E-state index contributed by atoms with van der Waals surface area (Å²) in [6, 6.07) is 35.4. The van der Waals surface area contributed by atoms with Crippen LogP contribution < -0.4 is 15.4 Å². The number of benzene rings is 4. The molecule has 6 heterocycles. The lowest BCUT2D eigenvalue weighted by molar-refractivity contribution is 0.173. The van der Waals surface area contributed by atoms with Crippen molar-refractivity contribution < 1.29 is 4.74 Å². The SMILES string of the molecule is c1ccc(-c2cccc(C3Oc4cc(-c5cnc(C6CCCN6)[nH]5)ccc4-c4cc5cc(-c6cnc([C@@H]7CCCN7)[nH]6)ccc5n43)c2)cc1. The van der Waals surface area contributed by atoms with Crippen molar-refractivity contribution in [1.82, 2.24) is 35.1 Å². The van der Waals surface area contributed by atoms with E-state index in [9.17, 15) is 0 Å². The largest absolute Gasteiger partial charge is 0.465 e. The molecule has 4 aromatic carbocycles. The van der Waals surface area contributed by atoms with Gasteiger partial charge in [-0.3, -0.25) is 0 Å². The second-order valence-electron chi connectivity index (χ2n) is 13.5. The summed E-state index contributed by atoms with van der Waals surface area (Å²) in [5.41, 5.74) is 11.0. The molecule has 8 heteroatoms. The Kier molecular flexibility index (Phi) is 6.77. The molecular weight excluding hydrogens is 606 g/mol. The van der Waals surface area contributed by atoms with Gasteiger partial charge in [0.2, 0.25) is 6.23 Å². The molecule has 2 unspecified atom stereocenters. The Bertz CT molecular complexity index is 2300. The summed E-state index contributed by atoms with van der Waals surface area (Å²) in [5, 5.41) is 8.27. The third-order valence-corrected chi connectivity index (χ3v) is 10.4. The van der Waals surface area contributed by atoms with Crippen molar-refractivity contribution in [3.63, 3.8) is 0 Å². The summed E-state index contributed by atoms with van der Waals surface area (Å²) in [6.07, 6.45) is 8.15. The number of imidazole rings is 2. The molecular formula is C41H37N7O. The number of aromatic nitrogens is 5. The zero-order chi connectivity index (χ0) is 32.3. The molecule has 7 aromatic rings. The van der Waals surface area contributed by atoms with Gasteiger partial charge in [-0.15, -0.1) is 0 Å². The van der Waals surface area contributed by atoms with E-state index in [2.05, 4.69) is 122 Å². The molecule has 2 saturated heterocycles. The number of hydrogen-bond donors (Lipinski definition) is 4. The number of nitrogens with zero attached hydrogens (tertiary/aromatic N) is 3. The van der Waals surface area contributed by atoms with Gasteiger partial charge in [0.1, 0.15) is 17.4 Å². The molecule has 4 N–H and O–H groups in total. The highest BCUT2D eigenvalue weighted by Crippen LogP contribution is 2.46. The number of H-pyrrole nitrogens is 2. The fourth-order valence-corrected chi connectivity index (χ4v) is 7.91. The van der Waals surface area contributed by atoms with Crippen LogP contribution in [0.15, 0.2) is 109 Å². The summed E-state index contributed by atoms with van der Waals surface area (Å²) in [4.78, 5) is 16.6. The number of fused-ring (bicyclic) bond motifs is 5. The van der Waals surface area contributed by atoms with Crippen LogP contribution in [0.25, 0.3) is 55.8 Å². The van der Waals surface area contributed by atoms with Gasteiger partial charge in [0.15, 0.2) is 0 Å². The summed E-state index contributed by atoms with van der Waals surface area (Å²) < 4.78 is 9.39. The van der Waals surface area contributed by atoms with Gasteiger partial charge in [0, 0.05) is 27.6 Å². The van der Waals surface area contributed by atoms with Crippen molar-refractivity contribution >= 4 is 10.9 Å². The van der Waals surface area contributed by atoms with Gasteiger partial charge in [-0.1, -0.05) is 60.7 Å². The van der Waals surface area contributed by atoms with Gasteiger partial charge >= 0.3 is 0 Å². The highest BCUT2D eigenvalue weighted by molar-refractivity contribution is 5.92. The summed E-state index contributed by atoms with van der Waals surface area (Å²) in [6.45, 7) is 2.08. The minimum atomic E-state index is -0.350. The maximum absolute atomic E-state index is 7.04. The van der Waals surface area contributed by atoms with Gasteiger partial charge in [-0.05, 0) is 86.3 Å².